The molecule has 0 aliphatic carbocycles. The summed E-state index contributed by atoms with van der Waals surface area (Å²) in [4.78, 5) is 31.5. The molecule has 0 spiro atoms. The highest BCUT2D eigenvalue weighted by atomic mass is 16.6. The van der Waals surface area contributed by atoms with E-state index in [4.69, 9.17) is 14.5 Å². The van der Waals surface area contributed by atoms with E-state index < -0.39 is 18.2 Å². The molecular weight excluding hydrogens is 432 g/mol. The van der Waals surface area contributed by atoms with Gasteiger partial charge in [-0.15, -0.1) is 0 Å². The van der Waals surface area contributed by atoms with E-state index in [1.807, 2.05) is 61.5 Å². The van der Waals surface area contributed by atoms with Gasteiger partial charge in [-0.05, 0) is 30.5 Å². The fraction of sp³-hybridized carbons (Fsp3) is 0.296. The standard InChI is InChI=1S/C27H28N2O5/c1-17-9-11-20(12-10-17)24-21-15-29(27(32)34-16-19-7-5-4-6-8-19)14-13-22(21)28-18(2)23(24)25(30)26(31)33-3/h4-12,25,30H,13-16H2,1-3H3. The van der Waals surface area contributed by atoms with Crippen LogP contribution < -0.4 is 0 Å². The summed E-state index contributed by atoms with van der Waals surface area (Å²) >= 11 is 0. The Balaban J connectivity index is 1.71. The van der Waals surface area contributed by atoms with Crippen molar-refractivity contribution in [2.45, 2.75) is 39.5 Å². The molecule has 7 heteroatoms. The topological polar surface area (TPSA) is 89.0 Å². The van der Waals surface area contributed by atoms with Crippen molar-refractivity contribution in [2.24, 2.45) is 0 Å². The number of amides is 1. The van der Waals surface area contributed by atoms with Gasteiger partial charge in [0.2, 0.25) is 0 Å². The maximum absolute atomic E-state index is 12.9. The molecule has 0 saturated heterocycles. The van der Waals surface area contributed by atoms with E-state index in [9.17, 15) is 14.7 Å². The van der Waals surface area contributed by atoms with Crippen molar-refractivity contribution in [1.82, 2.24) is 9.88 Å². The van der Waals surface area contributed by atoms with E-state index in [1.54, 1.807) is 11.8 Å². The lowest BCUT2D eigenvalue weighted by Crippen LogP contribution is -2.37. The molecule has 1 aromatic heterocycles. The average molecular weight is 461 g/mol. The second-order valence-corrected chi connectivity index (χ2v) is 8.41. The maximum atomic E-state index is 12.9. The third-order valence-corrected chi connectivity index (χ3v) is 6.08. The van der Waals surface area contributed by atoms with Crippen LogP contribution in [-0.2, 0) is 33.8 Å². The smallest absolute Gasteiger partial charge is 0.410 e. The zero-order valence-electron chi connectivity index (χ0n) is 19.6. The van der Waals surface area contributed by atoms with Crippen LogP contribution in [0, 0.1) is 13.8 Å². The largest absolute Gasteiger partial charge is 0.467 e. The van der Waals surface area contributed by atoms with Crippen LogP contribution >= 0.6 is 0 Å². The molecule has 7 nitrogen and oxygen atoms in total. The van der Waals surface area contributed by atoms with Crippen LogP contribution in [0.5, 0.6) is 0 Å². The number of hydrogen-bond donors (Lipinski definition) is 1. The van der Waals surface area contributed by atoms with Crippen molar-refractivity contribution in [1.29, 1.82) is 0 Å². The van der Waals surface area contributed by atoms with Crippen molar-refractivity contribution in [3.05, 3.63) is 88.2 Å². The summed E-state index contributed by atoms with van der Waals surface area (Å²) in [7, 11) is 1.24. The Hall–Kier alpha value is -3.71. The molecule has 0 saturated carbocycles. The summed E-state index contributed by atoms with van der Waals surface area (Å²) in [5.74, 6) is -0.756. The van der Waals surface area contributed by atoms with Crippen LogP contribution in [0.4, 0.5) is 4.79 Å². The number of carbonyl (C=O) groups is 2. The van der Waals surface area contributed by atoms with Gasteiger partial charge in [0.25, 0.3) is 0 Å². The fourth-order valence-electron chi connectivity index (χ4n) is 4.29. The number of fused-ring (bicyclic) bond motifs is 1. The number of hydrogen-bond acceptors (Lipinski definition) is 6. The lowest BCUT2D eigenvalue weighted by atomic mass is 9.87. The second-order valence-electron chi connectivity index (χ2n) is 8.41. The third kappa shape index (κ3) is 4.79. The van der Waals surface area contributed by atoms with Crippen molar-refractivity contribution in [3.63, 3.8) is 0 Å². The monoisotopic (exact) mass is 460 g/mol. The van der Waals surface area contributed by atoms with Gasteiger partial charge >= 0.3 is 12.1 Å². The molecule has 1 atom stereocenters. The molecule has 0 bridgehead atoms. The van der Waals surface area contributed by atoms with Gasteiger partial charge in [0.1, 0.15) is 6.61 Å². The van der Waals surface area contributed by atoms with Gasteiger partial charge in [0.15, 0.2) is 6.10 Å². The SMILES string of the molecule is COC(=O)C(O)c1c(C)nc2c(c1-c1ccc(C)cc1)CN(C(=O)OCc1ccccc1)CC2. The first kappa shape index (κ1) is 23.4. The van der Waals surface area contributed by atoms with Gasteiger partial charge in [-0.1, -0.05) is 60.2 Å². The number of methoxy groups -OCH3 is 1. The molecular formula is C27H28N2O5. The lowest BCUT2D eigenvalue weighted by molar-refractivity contribution is -0.150. The van der Waals surface area contributed by atoms with Crippen molar-refractivity contribution in [2.75, 3.05) is 13.7 Å². The quantitative estimate of drug-likeness (QED) is 0.572. The van der Waals surface area contributed by atoms with Crippen molar-refractivity contribution in [3.8, 4) is 11.1 Å². The first-order valence-corrected chi connectivity index (χ1v) is 11.2. The minimum absolute atomic E-state index is 0.187. The van der Waals surface area contributed by atoms with E-state index in [2.05, 4.69) is 0 Å². The molecule has 4 rings (SSSR count). The van der Waals surface area contributed by atoms with Crippen LogP contribution in [-0.4, -0.2) is 40.7 Å². The minimum atomic E-state index is -1.49. The zero-order valence-corrected chi connectivity index (χ0v) is 19.6. The van der Waals surface area contributed by atoms with E-state index in [0.717, 1.165) is 27.9 Å². The normalized spacial score (nSPS) is 13.7. The van der Waals surface area contributed by atoms with Gasteiger partial charge in [0, 0.05) is 35.5 Å². The molecule has 1 aliphatic heterocycles. The number of ether oxygens (including phenoxy) is 2. The number of benzene rings is 2. The summed E-state index contributed by atoms with van der Waals surface area (Å²) in [5.41, 5.74) is 6.15. The number of pyridine rings is 1. The van der Waals surface area contributed by atoms with Crippen LogP contribution in [0.2, 0.25) is 0 Å². The number of aliphatic hydroxyl groups is 1. The molecule has 176 valence electrons. The minimum Gasteiger partial charge on any atom is -0.467 e. The van der Waals surface area contributed by atoms with Crippen LogP contribution in [0.1, 0.15) is 39.7 Å². The summed E-state index contributed by atoms with van der Waals surface area (Å²) < 4.78 is 10.4. The maximum Gasteiger partial charge on any atom is 0.410 e. The Morgan fingerprint density at radius 3 is 2.47 bits per heavy atom. The molecule has 34 heavy (non-hydrogen) atoms. The average Bonchev–Trinajstić information content (AvgIpc) is 2.86. The van der Waals surface area contributed by atoms with Gasteiger partial charge in [-0.3, -0.25) is 4.98 Å². The highest BCUT2D eigenvalue weighted by Crippen LogP contribution is 2.38. The summed E-state index contributed by atoms with van der Waals surface area (Å²) in [5, 5.41) is 10.8. The number of carbonyl (C=O) groups excluding carboxylic acids is 2. The first-order valence-electron chi connectivity index (χ1n) is 11.2. The van der Waals surface area contributed by atoms with Gasteiger partial charge in [-0.25, -0.2) is 9.59 Å². The molecule has 2 heterocycles. The number of aryl methyl sites for hydroxylation is 2. The lowest BCUT2D eigenvalue weighted by Gasteiger charge is -2.31. The van der Waals surface area contributed by atoms with E-state index in [0.29, 0.717) is 29.8 Å². The Bertz CT molecular complexity index is 1190. The number of aromatic nitrogens is 1. The highest BCUT2D eigenvalue weighted by Gasteiger charge is 2.32. The summed E-state index contributed by atoms with van der Waals surface area (Å²) in [6.07, 6.45) is -1.36. The predicted octanol–water partition coefficient (Wildman–Crippen LogP) is 4.27. The van der Waals surface area contributed by atoms with E-state index >= 15 is 0 Å². The van der Waals surface area contributed by atoms with Gasteiger partial charge in [-0.2, -0.15) is 0 Å². The van der Waals surface area contributed by atoms with Crippen LogP contribution in [0.3, 0.4) is 0 Å². The van der Waals surface area contributed by atoms with Crippen molar-refractivity contribution < 1.29 is 24.2 Å². The Labute approximate surface area is 199 Å². The van der Waals surface area contributed by atoms with Crippen LogP contribution in [0.25, 0.3) is 11.1 Å². The number of nitrogens with zero attached hydrogens (tertiary/aromatic N) is 2. The molecule has 3 aromatic rings. The molecule has 1 unspecified atom stereocenters. The fourth-order valence-corrected chi connectivity index (χ4v) is 4.29. The van der Waals surface area contributed by atoms with E-state index in [1.165, 1.54) is 7.11 Å². The third-order valence-electron chi connectivity index (χ3n) is 6.08. The first-order chi connectivity index (χ1) is 16.4. The number of rotatable bonds is 5. The Morgan fingerprint density at radius 2 is 1.79 bits per heavy atom. The van der Waals surface area contributed by atoms with Crippen LogP contribution in [0.15, 0.2) is 54.6 Å². The van der Waals surface area contributed by atoms with Gasteiger partial charge in [0.05, 0.1) is 13.7 Å². The Kier molecular flexibility index (Phi) is 6.93. The molecule has 2 aromatic carbocycles. The van der Waals surface area contributed by atoms with E-state index in [-0.39, 0.29) is 13.2 Å². The zero-order chi connectivity index (χ0) is 24.2. The Morgan fingerprint density at radius 1 is 1.09 bits per heavy atom. The molecule has 1 N–H and O–H groups in total. The summed E-state index contributed by atoms with van der Waals surface area (Å²) in [6.45, 7) is 4.69. The molecule has 1 aliphatic rings. The van der Waals surface area contributed by atoms with Crippen molar-refractivity contribution >= 4 is 12.1 Å². The molecule has 0 fully saturated rings. The predicted molar refractivity (Wildman–Crippen MR) is 127 cm³/mol. The second kappa shape index (κ2) is 10.1. The summed E-state index contributed by atoms with van der Waals surface area (Å²) in [6, 6.07) is 17.4. The number of aliphatic hydroxyl groups excluding tert-OH is 1. The molecule has 1 amide bonds. The number of esters is 1. The van der Waals surface area contributed by atoms with Gasteiger partial charge < -0.3 is 19.5 Å². The molecule has 0 radical (unpaired) electrons. The highest BCUT2D eigenvalue weighted by molar-refractivity contribution is 5.83.